The van der Waals surface area contributed by atoms with Gasteiger partial charge in [-0.15, -0.1) is 11.8 Å². The van der Waals surface area contributed by atoms with Crippen molar-refractivity contribution in [1.29, 1.82) is 0 Å². The van der Waals surface area contributed by atoms with Crippen molar-refractivity contribution in [2.75, 3.05) is 44.4 Å². The van der Waals surface area contributed by atoms with Gasteiger partial charge in [0.15, 0.2) is 9.84 Å². The number of rotatable bonds is 7. The summed E-state index contributed by atoms with van der Waals surface area (Å²) in [5.41, 5.74) is 1.38. The predicted molar refractivity (Wildman–Crippen MR) is 112 cm³/mol. The van der Waals surface area contributed by atoms with Gasteiger partial charge in [-0.1, -0.05) is 32.9 Å². The lowest BCUT2D eigenvalue weighted by atomic mass is 9.87. The molecule has 1 aromatic rings. The number of sulfone groups is 1. The molecule has 152 valence electrons. The summed E-state index contributed by atoms with van der Waals surface area (Å²) in [5.74, 6) is 0.668. The number of likely N-dealkylation sites (N-methyl/N-ethyl adjacent to an activating group) is 1. The molecule has 2 rings (SSSR count). The van der Waals surface area contributed by atoms with E-state index in [1.165, 1.54) is 22.2 Å². The second-order valence-electron chi connectivity index (χ2n) is 8.66. The van der Waals surface area contributed by atoms with Gasteiger partial charge in [0.1, 0.15) is 0 Å². The van der Waals surface area contributed by atoms with Gasteiger partial charge in [-0.2, -0.15) is 0 Å². The van der Waals surface area contributed by atoms with Crippen molar-refractivity contribution in [3.8, 4) is 0 Å². The van der Waals surface area contributed by atoms with E-state index < -0.39 is 9.84 Å². The monoisotopic (exact) mass is 413 g/mol. The Hall–Kier alpha value is -1.05. The first kappa shape index (κ1) is 22.2. The molecule has 0 bridgehead atoms. The molecule has 1 aliphatic heterocycles. The number of thioether (sulfide) groups is 1. The molecular formula is C20H33N2O3S2+. The first-order valence-electron chi connectivity index (χ1n) is 9.50. The second kappa shape index (κ2) is 8.97. The van der Waals surface area contributed by atoms with Gasteiger partial charge in [0.25, 0.3) is 0 Å². The molecule has 1 N–H and O–H groups in total. The van der Waals surface area contributed by atoms with Crippen molar-refractivity contribution in [2.45, 2.75) is 43.5 Å². The van der Waals surface area contributed by atoms with Crippen molar-refractivity contribution in [3.63, 3.8) is 0 Å². The number of benzene rings is 1. The molecule has 5 nitrogen and oxygen atoms in total. The van der Waals surface area contributed by atoms with Gasteiger partial charge in [0.05, 0.1) is 44.4 Å². The fourth-order valence-corrected chi connectivity index (χ4v) is 5.67. The zero-order valence-electron chi connectivity index (χ0n) is 17.1. The van der Waals surface area contributed by atoms with E-state index in [1.807, 2.05) is 14.1 Å². The first-order valence-corrected chi connectivity index (χ1v) is 12.3. The molecule has 1 aliphatic rings. The SMILES string of the molecule is C[NH+](C)CCN(C(=O)CSc1ccc(C(C)(C)C)cc1)[C@@H]1CCS(=O)(=O)C1. The quantitative estimate of drug-likeness (QED) is 0.684. The molecule has 1 fully saturated rings. The molecule has 0 unspecified atom stereocenters. The molecule has 0 saturated carbocycles. The highest BCUT2D eigenvalue weighted by molar-refractivity contribution is 8.00. The highest BCUT2D eigenvalue weighted by Crippen LogP contribution is 2.26. The fourth-order valence-electron chi connectivity index (χ4n) is 3.16. The summed E-state index contributed by atoms with van der Waals surface area (Å²) in [4.78, 5) is 17.0. The van der Waals surface area contributed by atoms with Gasteiger partial charge in [-0.3, -0.25) is 4.79 Å². The van der Waals surface area contributed by atoms with Crippen LogP contribution in [0, 0.1) is 0 Å². The van der Waals surface area contributed by atoms with E-state index in [-0.39, 0.29) is 28.9 Å². The molecule has 1 amide bonds. The standard InChI is InChI=1S/C20H32N2O3S2/c1-20(2,3)16-6-8-18(9-7-16)26-14-19(23)22(12-11-21(4)5)17-10-13-27(24,25)15-17/h6-9,17H,10-15H2,1-5H3/p+1/t17-/m1/s1. The number of nitrogens with zero attached hydrogens (tertiary/aromatic N) is 1. The number of hydrogen-bond donors (Lipinski definition) is 1. The Balaban J connectivity index is 2.00. The minimum absolute atomic E-state index is 0.0308. The summed E-state index contributed by atoms with van der Waals surface area (Å²) >= 11 is 1.52. The van der Waals surface area contributed by atoms with Gasteiger partial charge >= 0.3 is 0 Å². The van der Waals surface area contributed by atoms with Crippen LogP contribution in [0.2, 0.25) is 0 Å². The molecule has 1 aromatic carbocycles. The van der Waals surface area contributed by atoms with Gasteiger partial charge in [-0.25, -0.2) is 8.42 Å². The topological polar surface area (TPSA) is 58.9 Å². The van der Waals surface area contributed by atoms with Crippen LogP contribution in [0.15, 0.2) is 29.2 Å². The number of carbonyl (C=O) groups is 1. The highest BCUT2D eigenvalue weighted by atomic mass is 32.2. The summed E-state index contributed by atoms with van der Waals surface area (Å²) in [5, 5.41) is 0. The van der Waals surface area contributed by atoms with Gasteiger partial charge in [0.2, 0.25) is 5.91 Å². The third-order valence-electron chi connectivity index (χ3n) is 4.90. The second-order valence-corrected chi connectivity index (χ2v) is 11.9. The number of carbonyl (C=O) groups excluding carboxylic acids is 1. The Morgan fingerprint density at radius 3 is 2.33 bits per heavy atom. The number of nitrogens with one attached hydrogen (secondary N) is 1. The van der Waals surface area contributed by atoms with E-state index >= 15 is 0 Å². The van der Waals surface area contributed by atoms with E-state index in [9.17, 15) is 13.2 Å². The smallest absolute Gasteiger partial charge is 0.233 e. The highest BCUT2D eigenvalue weighted by Gasteiger charge is 2.34. The Bertz CT molecular complexity index is 737. The summed E-state index contributed by atoms with van der Waals surface area (Å²) in [6.45, 7) is 7.95. The van der Waals surface area contributed by atoms with Crippen molar-refractivity contribution in [1.82, 2.24) is 4.90 Å². The number of hydrogen-bond acceptors (Lipinski definition) is 4. The van der Waals surface area contributed by atoms with Crippen molar-refractivity contribution >= 4 is 27.5 Å². The van der Waals surface area contributed by atoms with Crippen molar-refractivity contribution in [3.05, 3.63) is 29.8 Å². The molecule has 0 aromatic heterocycles. The molecule has 0 aliphatic carbocycles. The van der Waals surface area contributed by atoms with Gasteiger partial charge in [0, 0.05) is 10.9 Å². The van der Waals surface area contributed by atoms with Gasteiger partial charge < -0.3 is 9.80 Å². The maximum atomic E-state index is 12.9. The van der Waals surface area contributed by atoms with Crippen LogP contribution >= 0.6 is 11.8 Å². The molecule has 0 radical (unpaired) electrons. The van der Waals surface area contributed by atoms with Crippen LogP contribution < -0.4 is 4.90 Å². The largest absolute Gasteiger partial charge is 0.338 e. The van der Waals surface area contributed by atoms with Crippen LogP contribution in [0.5, 0.6) is 0 Å². The lowest BCUT2D eigenvalue weighted by molar-refractivity contribution is -0.857. The van der Waals surface area contributed by atoms with Crippen LogP contribution in [0.1, 0.15) is 32.8 Å². The molecule has 7 heteroatoms. The maximum Gasteiger partial charge on any atom is 0.233 e. The van der Waals surface area contributed by atoms with Crippen LogP contribution in [0.3, 0.4) is 0 Å². The zero-order chi connectivity index (χ0) is 20.2. The maximum absolute atomic E-state index is 12.9. The van der Waals surface area contributed by atoms with Crippen molar-refractivity contribution in [2.24, 2.45) is 0 Å². The fraction of sp³-hybridized carbons (Fsp3) is 0.650. The lowest BCUT2D eigenvalue weighted by Gasteiger charge is -2.28. The minimum Gasteiger partial charge on any atom is -0.338 e. The van der Waals surface area contributed by atoms with Gasteiger partial charge in [-0.05, 0) is 29.5 Å². The van der Waals surface area contributed by atoms with Crippen LogP contribution in [0.25, 0.3) is 0 Å². The normalized spacial score (nSPS) is 19.4. The molecule has 27 heavy (non-hydrogen) atoms. The molecule has 0 spiro atoms. The first-order chi connectivity index (χ1) is 12.5. The number of quaternary nitrogens is 1. The molecule has 1 saturated heterocycles. The minimum atomic E-state index is -3.01. The Morgan fingerprint density at radius 1 is 1.22 bits per heavy atom. The van der Waals surface area contributed by atoms with Crippen LogP contribution in [-0.4, -0.2) is 69.7 Å². The van der Waals surface area contributed by atoms with E-state index in [1.54, 1.807) is 4.90 Å². The van der Waals surface area contributed by atoms with E-state index in [4.69, 9.17) is 0 Å². The summed E-state index contributed by atoms with van der Waals surface area (Å²) in [7, 11) is 1.08. The predicted octanol–water partition coefficient (Wildman–Crippen LogP) is 1.24. The van der Waals surface area contributed by atoms with Crippen LogP contribution in [0.4, 0.5) is 0 Å². The van der Waals surface area contributed by atoms with Crippen LogP contribution in [-0.2, 0) is 20.0 Å². The Kier molecular flexibility index (Phi) is 7.39. The average Bonchev–Trinajstić information content (AvgIpc) is 2.92. The van der Waals surface area contributed by atoms with E-state index in [0.29, 0.717) is 18.7 Å². The van der Waals surface area contributed by atoms with Crippen molar-refractivity contribution < 1.29 is 18.1 Å². The lowest BCUT2D eigenvalue weighted by Crippen LogP contribution is -3.06. The van der Waals surface area contributed by atoms with E-state index in [2.05, 4.69) is 45.0 Å². The third-order valence-corrected chi connectivity index (χ3v) is 7.65. The summed E-state index contributed by atoms with van der Waals surface area (Å²) < 4.78 is 23.7. The molecular weight excluding hydrogens is 380 g/mol. The Labute approximate surface area is 168 Å². The van der Waals surface area contributed by atoms with E-state index in [0.717, 1.165) is 11.4 Å². The summed E-state index contributed by atoms with van der Waals surface area (Å²) in [6.07, 6.45) is 0.557. The zero-order valence-corrected chi connectivity index (χ0v) is 18.8. The summed E-state index contributed by atoms with van der Waals surface area (Å²) in [6, 6.07) is 8.18. The average molecular weight is 414 g/mol. The Morgan fingerprint density at radius 2 is 1.85 bits per heavy atom. The molecule has 1 heterocycles. The third kappa shape index (κ3) is 6.80. The molecule has 1 atom stereocenters. The number of amides is 1.